The molecule has 0 radical (unpaired) electrons. The summed E-state index contributed by atoms with van der Waals surface area (Å²) < 4.78 is 5.33. The molecule has 1 N–H and O–H groups in total. The van der Waals surface area contributed by atoms with Crippen molar-refractivity contribution in [3.8, 4) is 0 Å². The van der Waals surface area contributed by atoms with Crippen molar-refractivity contribution in [2.45, 2.75) is 45.1 Å². The molecule has 4 nitrogen and oxygen atoms in total. The topological polar surface area (TPSA) is 41.6 Å². The van der Waals surface area contributed by atoms with Crippen LogP contribution < -0.4 is 5.32 Å². The highest BCUT2D eigenvalue weighted by Crippen LogP contribution is 2.36. The Kier molecular flexibility index (Phi) is 4.62. The predicted octanol–water partition coefficient (Wildman–Crippen LogP) is 1.40. The first-order valence-corrected chi connectivity index (χ1v) is 7.30. The lowest BCUT2D eigenvalue weighted by molar-refractivity contribution is -0.159. The Labute approximate surface area is 110 Å². The molecule has 1 heterocycles. The van der Waals surface area contributed by atoms with Gasteiger partial charge >= 0.3 is 5.97 Å². The molecule has 1 aliphatic heterocycles. The molecule has 2 rings (SSSR count). The average molecular weight is 254 g/mol. The van der Waals surface area contributed by atoms with Gasteiger partial charge in [-0.2, -0.15) is 0 Å². The van der Waals surface area contributed by atoms with Gasteiger partial charge in [0.1, 0.15) is 5.54 Å². The number of nitrogens with one attached hydrogen (secondary N) is 1. The molecule has 104 valence electrons. The van der Waals surface area contributed by atoms with Gasteiger partial charge in [0.15, 0.2) is 0 Å². The van der Waals surface area contributed by atoms with Crippen LogP contribution in [0.25, 0.3) is 0 Å². The van der Waals surface area contributed by atoms with Crippen LogP contribution in [0.15, 0.2) is 0 Å². The fourth-order valence-corrected chi connectivity index (χ4v) is 3.05. The number of rotatable bonds is 5. The van der Waals surface area contributed by atoms with Crippen LogP contribution in [0.4, 0.5) is 0 Å². The highest BCUT2D eigenvalue weighted by atomic mass is 16.5. The van der Waals surface area contributed by atoms with Gasteiger partial charge in [-0.05, 0) is 26.2 Å². The van der Waals surface area contributed by atoms with Crippen molar-refractivity contribution in [2.75, 3.05) is 32.8 Å². The van der Waals surface area contributed by atoms with Gasteiger partial charge in [-0.25, -0.2) is 0 Å². The van der Waals surface area contributed by atoms with Crippen molar-refractivity contribution in [2.24, 2.45) is 5.92 Å². The molecule has 0 bridgehead atoms. The summed E-state index contributed by atoms with van der Waals surface area (Å²) in [5.74, 6) is 0.688. The molecule has 0 amide bonds. The summed E-state index contributed by atoms with van der Waals surface area (Å²) in [5.41, 5.74) is -0.413. The number of esters is 1. The lowest BCUT2D eigenvalue weighted by Crippen LogP contribution is -2.60. The normalized spacial score (nSPS) is 25.2. The van der Waals surface area contributed by atoms with Crippen LogP contribution in [-0.2, 0) is 9.53 Å². The Balaban J connectivity index is 2.05. The van der Waals surface area contributed by atoms with Crippen LogP contribution in [0.3, 0.4) is 0 Å². The standard InChI is InChI=1S/C14H26N2O2/c1-3-18-13(17)14(2,11-12-5-4-6-12)16-9-7-15-8-10-16/h12,15H,3-11H2,1-2H3. The second-order valence-electron chi connectivity index (χ2n) is 5.73. The van der Waals surface area contributed by atoms with Crippen molar-refractivity contribution in [3.63, 3.8) is 0 Å². The number of ether oxygens (including phenoxy) is 1. The van der Waals surface area contributed by atoms with Crippen molar-refractivity contribution in [1.29, 1.82) is 0 Å². The summed E-state index contributed by atoms with van der Waals surface area (Å²) in [4.78, 5) is 14.7. The molecule has 1 saturated carbocycles. The largest absolute Gasteiger partial charge is 0.465 e. The third-order valence-corrected chi connectivity index (χ3v) is 4.44. The van der Waals surface area contributed by atoms with E-state index in [9.17, 15) is 4.79 Å². The minimum absolute atomic E-state index is 0.0289. The molecule has 2 aliphatic rings. The van der Waals surface area contributed by atoms with E-state index >= 15 is 0 Å². The van der Waals surface area contributed by atoms with Gasteiger partial charge in [-0.1, -0.05) is 19.3 Å². The molecule has 2 fully saturated rings. The number of hydrogen-bond acceptors (Lipinski definition) is 4. The van der Waals surface area contributed by atoms with Crippen LogP contribution in [0, 0.1) is 5.92 Å². The van der Waals surface area contributed by atoms with Crippen LogP contribution in [0.1, 0.15) is 39.5 Å². The van der Waals surface area contributed by atoms with Gasteiger partial charge in [0.25, 0.3) is 0 Å². The zero-order valence-corrected chi connectivity index (χ0v) is 11.7. The minimum Gasteiger partial charge on any atom is -0.465 e. The maximum atomic E-state index is 12.4. The van der Waals surface area contributed by atoms with Crippen molar-refractivity contribution in [1.82, 2.24) is 10.2 Å². The number of piperazine rings is 1. The van der Waals surface area contributed by atoms with E-state index in [1.807, 2.05) is 6.92 Å². The Morgan fingerprint density at radius 3 is 2.56 bits per heavy atom. The number of nitrogens with zero attached hydrogens (tertiary/aromatic N) is 1. The van der Waals surface area contributed by atoms with Crippen molar-refractivity contribution < 1.29 is 9.53 Å². The van der Waals surface area contributed by atoms with Crippen LogP contribution in [-0.4, -0.2) is 49.2 Å². The molecular formula is C14H26N2O2. The third-order valence-electron chi connectivity index (χ3n) is 4.44. The molecule has 0 spiro atoms. The summed E-state index contributed by atoms with van der Waals surface area (Å²) >= 11 is 0. The molecule has 1 saturated heterocycles. The summed E-state index contributed by atoms with van der Waals surface area (Å²) in [5, 5.41) is 3.35. The van der Waals surface area contributed by atoms with Gasteiger partial charge in [-0.15, -0.1) is 0 Å². The van der Waals surface area contributed by atoms with Gasteiger partial charge in [0, 0.05) is 26.2 Å². The van der Waals surface area contributed by atoms with Crippen LogP contribution in [0.5, 0.6) is 0 Å². The Bertz CT molecular complexity index is 286. The second-order valence-corrected chi connectivity index (χ2v) is 5.73. The quantitative estimate of drug-likeness (QED) is 0.753. The minimum atomic E-state index is -0.413. The molecule has 0 aromatic carbocycles. The van der Waals surface area contributed by atoms with E-state index in [1.165, 1.54) is 19.3 Å². The Morgan fingerprint density at radius 2 is 2.06 bits per heavy atom. The molecule has 1 unspecified atom stereocenters. The SMILES string of the molecule is CCOC(=O)C(C)(CC1CCC1)N1CCNCC1. The molecule has 18 heavy (non-hydrogen) atoms. The first-order chi connectivity index (χ1) is 8.66. The maximum absolute atomic E-state index is 12.4. The lowest BCUT2D eigenvalue weighted by Gasteiger charge is -2.44. The summed E-state index contributed by atoms with van der Waals surface area (Å²) in [6, 6.07) is 0. The van der Waals surface area contributed by atoms with Crippen LogP contribution >= 0.6 is 0 Å². The van der Waals surface area contributed by atoms with E-state index in [4.69, 9.17) is 4.74 Å². The fourth-order valence-electron chi connectivity index (χ4n) is 3.05. The molecular weight excluding hydrogens is 228 g/mol. The molecule has 1 aliphatic carbocycles. The van der Waals surface area contributed by atoms with Gasteiger partial charge in [0.2, 0.25) is 0 Å². The van der Waals surface area contributed by atoms with Crippen molar-refractivity contribution >= 4 is 5.97 Å². The summed E-state index contributed by atoms with van der Waals surface area (Å²) in [6.45, 7) is 8.28. The number of hydrogen-bond donors (Lipinski definition) is 1. The monoisotopic (exact) mass is 254 g/mol. The Morgan fingerprint density at radius 1 is 1.39 bits per heavy atom. The number of carbonyl (C=O) groups is 1. The van der Waals surface area contributed by atoms with Gasteiger partial charge in [-0.3, -0.25) is 9.69 Å². The second kappa shape index (κ2) is 6.02. The molecule has 0 aromatic heterocycles. The van der Waals surface area contributed by atoms with E-state index in [2.05, 4.69) is 17.1 Å². The maximum Gasteiger partial charge on any atom is 0.326 e. The van der Waals surface area contributed by atoms with Crippen molar-refractivity contribution in [3.05, 3.63) is 0 Å². The van der Waals surface area contributed by atoms with E-state index in [0.29, 0.717) is 12.5 Å². The summed E-state index contributed by atoms with van der Waals surface area (Å²) in [7, 11) is 0. The zero-order chi connectivity index (χ0) is 13.0. The number of carbonyl (C=O) groups excluding carboxylic acids is 1. The highest BCUT2D eigenvalue weighted by Gasteiger charge is 2.43. The highest BCUT2D eigenvalue weighted by molar-refractivity contribution is 5.80. The molecule has 4 heteroatoms. The first kappa shape index (κ1) is 13.8. The first-order valence-electron chi connectivity index (χ1n) is 7.30. The Hall–Kier alpha value is -0.610. The van der Waals surface area contributed by atoms with E-state index in [0.717, 1.165) is 32.6 Å². The average Bonchev–Trinajstić information content (AvgIpc) is 2.35. The zero-order valence-electron chi connectivity index (χ0n) is 11.7. The third kappa shape index (κ3) is 2.86. The summed E-state index contributed by atoms with van der Waals surface area (Å²) in [6.07, 6.45) is 4.85. The van der Waals surface area contributed by atoms with E-state index in [-0.39, 0.29) is 5.97 Å². The molecule has 0 aromatic rings. The van der Waals surface area contributed by atoms with E-state index in [1.54, 1.807) is 0 Å². The smallest absolute Gasteiger partial charge is 0.326 e. The van der Waals surface area contributed by atoms with E-state index < -0.39 is 5.54 Å². The predicted molar refractivity (Wildman–Crippen MR) is 71.4 cm³/mol. The van der Waals surface area contributed by atoms with Gasteiger partial charge < -0.3 is 10.1 Å². The lowest BCUT2D eigenvalue weighted by atomic mass is 9.75. The fraction of sp³-hybridized carbons (Fsp3) is 0.929. The van der Waals surface area contributed by atoms with Gasteiger partial charge in [0.05, 0.1) is 6.61 Å². The molecule has 1 atom stereocenters. The van der Waals surface area contributed by atoms with Crippen LogP contribution in [0.2, 0.25) is 0 Å².